The number of fused-ring (bicyclic) bond motifs is 1. The van der Waals surface area contributed by atoms with Crippen LogP contribution >= 0.6 is 0 Å². The van der Waals surface area contributed by atoms with E-state index in [4.69, 9.17) is 14.2 Å². The quantitative estimate of drug-likeness (QED) is 0.552. The zero-order valence-electron chi connectivity index (χ0n) is 16.1. The average Bonchev–Trinajstić information content (AvgIpc) is 3.06. The number of hydrogen-bond donors (Lipinski definition) is 0. The zero-order chi connectivity index (χ0) is 20.4. The Labute approximate surface area is 168 Å². The van der Waals surface area contributed by atoms with E-state index in [1.165, 1.54) is 12.1 Å². The van der Waals surface area contributed by atoms with Crippen LogP contribution in [0.2, 0.25) is 0 Å². The van der Waals surface area contributed by atoms with Gasteiger partial charge in [-0.2, -0.15) is 0 Å². The average molecular weight is 390 g/mol. The van der Waals surface area contributed by atoms with Gasteiger partial charge in [0, 0.05) is 5.56 Å². The van der Waals surface area contributed by atoms with E-state index in [0.717, 1.165) is 22.4 Å². The highest BCUT2D eigenvalue weighted by atomic mass is 19.1. The Morgan fingerprint density at radius 2 is 1.72 bits per heavy atom. The second kappa shape index (κ2) is 7.80. The van der Waals surface area contributed by atoms with Gasteiger partial charge in [-0.3, -0.25) is 4.79 Å². The lowest BCUT2D eigenvalue weighted by molar-refractivity contribution is 0.101. The molecule has 1 heterocycles. The minimum Gasteiger partial charge on any atom is -0.497 e. The number of carbonyl (C=O) groups is 1. The molecule has 3 aromatic carbocycles. The summed E-state index contributed by atoms with van der Waals surface area (Å²) in [5.74, 6) is 1.68. The van der Waals surface area contributed by atoms with Crippen molar-refractivity contribution in [1.29, 1.82) is 0 Å². The van der Waals surface area contributed by atoms with Gasteiger partial charge < -0.3 is 14.2 Å². The zero-order valence-corrected chi connectivity index (χ0v) is 16.1. The number of methoxy groups -OCH3 is 1. The maximum absolute atomic E-state index is 13.0. The first-order chi connectivity index (χ1) is 14.0. The predicted molar refractivity (Wildman–Crippen MR) is 108 cm³/mol. The van der Waals surface area contributed by atoms with E-state index in [0.29, 0.717) is 23.7 Å². The van der Waals surface area contributed by atoms with Gasteiger partial charge in [-0.1, -0.05) is 24.3 Å². The number of rotatable bonds is 5. The lowest BCUT2D eigenvalue weighted by Crippen LogP contribution is -1.98. The molecule has 0 radical (unpaired) electrons. The molecule has 0 N–H and O–H groups in total. The second-order valence-electron chi connectivity index (χ2n) is 6.69. The number of halogens is 1. The van der Waals surface area contributed by atoms with Crippen LogP contribution in [0, 0.1) is 12.7 Å². The molecule has 0 saturated carbocycles. The summed E-state index contributed by atoms with van der Waals surface area (Å²) < 4.78 is 29.9. The monoisotopic (exact) mass is 390 g/mol. The molecule has 146 valence electrons. The molecule has 0 bridgehead atoms. The summed E-state index contributed by atoms with van der Waals surface area (Å²) in [6.07, 6.45) is 1.71. The van der Waals surface area contributed by atoms with Crippen LogP contribution in [0.25, 0.3) is 6.08 Å². The normalized spacial score (nSPS) is 13.9. The van der Waals surface area contributed by atoms with E-state index in [-0.39, 0.29) is 17.4 Å². The second-order valence-corrected chi connectivity index (χ2v) is 6.69. The predicted octanol–water partition coefficient (Wildman–Crippen LogP) is 5.34. The maximum Gasteiger partial charge on any atom is 0.231 e. The first-order valence-corrected chi connectivity index (χ1v) is 9.14. The Kier molecular flexibility index (Phi) is 5.04. The molecule has 0 unspecified atom stereocenters. The van der Waals surface area contributed by atoms with Gasteiger partial charge in [0.05, 0.1) is 12.7 Å². The number of carbonyl (C=O) groups excluding carboxylic acids is 1. The molecule has 4 nitrogen and oxygen atoms in total. The maximum atomic E-state index is 13.0. The van der Waals surface area contributed by atoms with Crippen molar-refractivity contribution in [3.05, 3.63) is 94.5 Å². The van der Waals surface area contributed by atoms with Crippen molar-refractivity contribution >= 4 is 11.9 Å². The summed E-state index contributed by atoms with van der Waals surface area (Å²) >= 11 is 0. The Bertz CT molecular complexity index is 1080. The highest BCUT2D eigenvalue weighted by Gasteiger charge is 2.30. The third-order valence-corrected chi connectivity index (χ3v) is 4.76. The fourth-order valence-corrected chi connectivity index (χ4v) is 3.12. The standard InChI is InChI=1S/C24H19FO4/c1-15-21(28-14-17-3-7-18(25)8-4-17)12-11-20-23(26)22(29-24(15)20)13-16-5-9-19(27-2)10-6-16/h3-13H,14H2,1-2H3/b22-13-. The first kappa shape index (κ1) is 18.7. The summed E-state index contributed by atoms with van der Waals surface area (Å²) in [5, 5.41) is 0. The summed E-state index contributed by atoms with van der Waals surface area (Å²) in [5.41, 5.74) is 2.95. The molecule has 0 fully saturated rings. The minimum atomic E-state index is -0.287. The molecule has 3 aromatic rings. The van der Waals surface area contributed by atoms with Crippen LogP contribution in [-0.2, 0) is 6.61 Å². The fourth-order valence-electron chi connectivity index (χ4n) is 3.12. The van der Waals surface area contributed by atoms with E-state index < -0.39 is 0 Å². The molecular weight excluding hydrogens is 371 g/mol. The number of ketones is 1. The lowest BCUT2D eigenvalue weighted by Gasteiger charge is -2.11. The Hall–Kier alpha value is -3.60. The van der Waals surface area contributed by atoms with Crippen molar-refractivity contribution < 1.29 is 23.4 Å². The smallest absolute Gasteiger partial charge is 0.231 e. The summed E-state index contributed by atoms with van der Waals surface area (Å²) in [7, 11) is 1.60. The highest BCUT2D eigenvalue weighted by molar-refractivity contribution is 6.14. The summed E-state index contributed by atoms with van der Waals surface area (Å²) in [6, 6.07) is 17.0. The van der Waals surface area contributed by atoms with Gasteiger partial charge in [-0.25, -0.2) is 4.39 Å². The molecule has 4 rings (SSSR count). The van der Waals surface area contributed by atoms with Gasteiger partial charge >= 0.3 is 0 Å². The number of Topliss-reactive ketones (excluding diaryl/α,β-unsaturated/α-hetero) is 1. The van der Waals surface area contributed by atoms with Gasteiger partial charge in [0.25, 0.3) is 0 Å². The number of hydrogen-bond acceptors (Lipinski definition) is 4. The van der Waals surface area contributed by atoms with Gasteiger partial charge in [0.1, 0.15) is 29.7 Å². The lowest BCUT2D eigenvalue weighted by atomic mass is 10.1. The molecule has 0 spiro atoms. The van der Waals surface area contributed by atoms with Crippen molar-refractivity contribution in [2.24, 2.45) is 0 Å². The van der Waals surface area contributed by atoms with E-state index in [2.05, 4.69) is 0 Å². The van der Waals surface area contributed by atoms with Gasteiger partial charge in [-0.15, -0.1) is 0 Å². The van der Waals surface area contributed by atoms with Crippen molar-refractivity contribution in [3.63, 3.8) is 0 Å². The Morgan fingerprint density at radius 1 is 1.00 bits per heavy atom. The van der Waals surface area contributed by atoms with Crippen LogP contribution in [0.4, 0.5) is 4.39 Å². The first-order valence-electron chi connectivity index (χ1n) is 9.14. The molecule has 5 heteroatoms. The molecule has 0 atom stereocenters. The van der Waals surface area contributed by atoms with Crippen LogP contribution in [0.1, 0.15) is 27.0 Å². The van der Waals surface area contributed by atoms with Gasteiger partial charge in [0.15, 0.2) is 5.76 Å². The molecular formula is C24H19FO4. The van der Waals surface area contributed by atoms with Crippen molar-refractivity contribution in [3.8, 4) is 17.2 Å². The van der Waals surface area contributed by atoms with Crippen LogP contribution < -0.4 is 14.2 Å². The highest BCUT2D eigenvalue weighted by Crippen LogP contribution is 2.39. The van der Waals surface area contributed by atoms with E-state index >= 15 is 0 Å². The SMILES string of the molecule is COc1ccc(/C=C2\Oc3c(ccc(OCc4ccc(F)cc4)c3C)C2=O)cc1. The molecule has 0 amide bonds. The number of benzene rings is 3. The van der Waals surface area contributed by atoms with Crippen molar-refractivity contribution in [2.75, 3.05) is 7.11 Å². The minimum absolute atomic E-state index is 0.163. The van der Waals surface area contributed by atoms with Crippen molar-refractivity contribution in [1.82, 2.24) is 0 Å². The molecule has 1 aliphatic rings. The van der Waals surface area contributed by atoms with E-state index in [9.17, 15) is 9.18 Å². The fraction of sp³-hybridized carbons (Fsp3) is 0.125. The molecule has 1 aliphatic heterocycles. The van der Waals surface area contributed by atoms with Crippen LogP contribution in [0.3, 0.4) is 0 Å². The third-order valence-electron chi connectivity index (χ3n) is 4.76. The van der Waals surface area contributed by atoms with Crippen LogP contribution in [0.5, 0.6) is 17.2 Å². The number of allylic oxidation sites excluding steroid dienone is 1. The van der Waals surface area contributed by atoms with E-state index in [1.54, 1.807) is 37.5 Å². The molecule has 0 aromatic heterocycles. The summed E-state index contributed by atoms with van der Waals surface area (Å²) in [6.45, 7) is 2.14. The molecule has 0 aliphatic carbocycles. The van der Waals surface area contributed by atoms with Crippen LogP contribution in [0.15, 0.2) is 66.4 Å². The Morgan fingerprint density at radius 3 is 2.41 bits per heavy atom. The molecule has 29 heavy (non-hydrogen) atoms. The molecule has 0 saturated heterocycles. The topological polar surface area (TPSA) is 44.8 Å². The number of ether oxygens (including phenoxy) is 3. The Balaban J connectivity index is 1.54. The third kappa shape index (κ3) is 3.85. The van der Waals surface area contributed by atoms with Gasteiger partial charge in [0.2, 0.25) is 5.78 Å². The van der Waals surface area contributed by atoms with E-state index in [1.807, 2.05) is 31.2 Å². The van der Waals surface area contributed by atoms with Gasteiger partial charge in [-0.05, 0) is 60.5 Å². The largest absolute Gasteiger partial charge is 0.497 e. The summed E-state index contributed by atoms with van der Waals surface area (Å²) in [4.78, 5) is 12.7. The van der Waals surface area contributed by atoms with Crippen LogP contribution in [-0.4, -0.2) is 12.9 Å². The van der Waals surface area contributed by atoms with Crippen molar-refractivity contribution in [2.45, 2.75) is 13.5 Å².